The largest absolute Gasteiger partial charge is 0.508 e. The number of nitrogens with zero attached hydrogens (tertiary/aromatic N) is 1. The summed E-state index contributed by atoms with van der Waals surface area (Å²) in [5.74, 6) is 0.822. The van der Waals surface area contributed by atoms with E-state index in [9.17, 15) is 10.2 Å². The molecule has 1 aromatic carbocycles. The standard InChI is InChI=1S/C17H23NO2/c1-18-9-8-17-7-3-5-13(18)12(17)10-15(20)16-11(17)4-2-6-14(16)19/h2,4,6,12-13,15,19-20H,3,5,7-10H2,1H3/t12-,13+,15+,17+/m1/s1. The van der Waals surface area contributed by atoms with Gasteiger partial charge in [0.05, 0.1) is 6.10 Å². The molecule has 0 amide bonds. The van der Waals surface area contributed by atoms with E-state index in [1.807, 2.05) is 6.07 Å². The molecule has 2 fully saturated rings. The van der Waals surface area contributed by atoms with Crippen LogP contribution in [0.4, 0.5) is 0 Å². The number of benzene rings is 1. The van der Waals surface area contributed by atoms with Crippen LogP contribution in [0.2, 0.25) is 0 Å². The van der Waals surface area contributed by atoms with Crippen LogP contribution in [-0.2, 0) is 5.41 Å². The molecule has 0 radical (unpaired) electrons. The summed E-state index contributed by atoms with van der Waals surface area (Å²) in [5, 5.41) is 20.7. The first-order valence-corrected chi connectivity index (χ1v) is 7.84. The van der Waals surface area contributed by atoms with Crippen LogP contribution in [0.25, 0.3) is 0 Å². The van der Waals surface area contributed by atoms with Crippen LogP contribution in [0.15, 0.2) is 18.2 Å². The Kier molecular flexibility index (Phi) is 2.67. The van der Waals surface area contributed by atoms with E-state index >= 15 is 0 Å². The van der Waals surface area contributed by atoms with Gasteiger partial charge in [-0.2, -0.15) is 0 Å². The molecule has 0 spiro atoms. The summed E-state index contributed by atoms with van der Waals surface area (Å²) in [5.41, 5.74) is 2.25. The molecule has 1 aromatic rings. The Morgan fingerprint density at radius 2 is 2.15 bits per heavy atom. The van der Waals surface area contributed by atoms with Gasteiger partial charge in [-0.1, -0.05) is 18.6 Å². The Morgan fingerprint density at radius 1 is 1.30 bits per heavy atom. The van der Waals surface area contributed by atoms with E-state index in [0.29, 0.717) is 12.0 Å². The van der Waals surface area contributed by atoms with Gasteiger partial charge in [-0.3, -0.25) is 0 Å². The highest BCUT2D eigenvalue weighted by atomic mass is 16.3. The van der Waals surface area contributed by atoms with Crippen molar-refractivity contribution in [3.8, 4) is 5.75 Å². The lowest BCUT2D eigenvalue weighted by Crippen LogP contribution is -2.59. The normalized spacial score (nSPS) is 40.0. The lowest BCUT2D eigenvalue weighted by Gasteiger charge is -2.59. The van der Waals surface area contributed by atoms with Gasteiger partial charge in [0, 0.05) is 17.0 Å². The molecule has 2 N–H and O–H groups in total. The molecule has 1 aliphatic heterocycles. The number of hydrogen-bond acceptors (Lipinski definition) is 3. The lowest BCUT2D eigenvalue weighted by atomic mass is 9.52. The van der Waals surface area contributed by atoms with Crippen molar-refractivity contribution in [3.05, 3.63) is 29.3 Å². The third-order valence-electron chi connectivity index (χ3n) is 6.20. The van der Waals surface area contributed by atoms with Crippen molar-refractivity contribution in [2.75, 3.05) is 13.6 Å². The molecule has 4 atom stereocenters. The third kappa shape index (κ3) is 1.48. The zero-order valence-electron chi connectivity index (χ0n) is 12.0. The molecule has 3 heteroatoms. The van der Waals surface area contributed by atoms with Crippen molar-refractivity contribution in [3.63, 3.8) is 0 Å². The summed E-state index contributed by atoms with van der Waals surface area (Å²) in [6.45, 7) is 1.13. The average molecular weight is 273 g/mol. The number of hydrogen-bond donors (Lipinski definition) is 2. The van der Waals surface area contributed by atoms with Gasteiger partial charge in [0.1, 0.15) is 5.75 Å². The second-order valence-electron chi connectivity index (χ2n) is 6.94. The van der Waals surface area contributed by atoms with Crippen LogP contribution in [0.3, 0.4) is 0 Å². The summed E-state index contributed by atoms with van der Waals surface area (Å²) in [6.07, 6.45) is 5.19. The van der Waals surface area contributed by atoms with Gasteiger partial charge >= 0.3 is 0 Å². The van der Waals surface area contributed by atoms with E-state index in [-0.39, 0.29) is 11.2 Å². The van der Waals surface area contributed by atoms with Gasteiger partial charge in [-0.15, -0.1) is 0 Å². The molecular formula is C17H23NO2. The molecule has 20 heavy (non-hydrogen) atoms. The van der Waals surface area contributed by atoms with Crippen molar-refractivity contribution in [1.82, 2.24) is 4.90 Å². The maximum atomic E-state index is 10.5. The molecule has 3 nitrogen and oxygen atoms in total. The van der Waals surface area contributed by atoms with Crippen molar-refractivity contribution in [2.24, 2.45) is 5.92 Å². The van der Waals surface area contributed by atoms with Gasteiger partial charge in [0.15, 0.2) is 0 Å². The van der Waals surface area contributed by atoms with Crippen molar-refractivity contribution < 1.29 is 10.2 Å². The highest BCUT2D eigenvalue weighted by Gasteiger charge is 2.54. The predicted octanol–water partition coefficient (Wildman–Crippen LogP) is 2.57. The Morgan fingerprint density at radius 3 is 3.00 bits per heavy atom. The number of likely N-dealkylation sites (tertiary alicyclic amines) is 1. The number of phenols is 1. The van der Waals surface area contributed by atoms with Crippen LogP contribution in [0.5, 0.6) is 5.75 Å². The summed E-state index contributed by atoms with van der Waals surface area (Å²) in [7, 11) is 2.23. The molecule has 2 bridgehead atoms. The van der Waals surface area contributed by atoms with Crippen LogP contribution in [0, 0.1) is 5.92 Å². The molecule has 4 rings (SSSR count). The summed E-state index contributed by atoms with van der Waals surface area (Å²) in [4.78, 5) is 2.49. The van der Waals surface area contributed by atoms with Gasteiger partial charge in [0.25, 0.3) is 0 Å². The number of aliphatic hydroxyl groups is 1. The van der Waals surface area contributed by atoms with Gasteiger partial charge < -0.3 is 15.1 Å². The number of phenolic OH excluding ortho intramolecular Hbond substituents is 1. The minimum absolute atomic E-state index is 0.197. The maximum Gasteiger partial charge on any atom is 0.121 e. The van der Waals surface area contributed by atoms with Crippen LogP contribution >= 0.6 is 0 Å². The smallest absolute Gasteiger partial charge is 0.121 e. The van der Waals surface area contributed by atoms with Crippen LogP contribution in [-0.4, -0.2) is 34.7 Å². The number of aliphatic hydroxyl groups excluding tert-OH is 1. The van der Waals surface area contributed by atoms with Gasteiger partial charge in [-0.05, 0) is 56.8 Å². The molecule has 1 saturated carbocycles. The predicted molar refractivity (Wildman–Crippen MR) is 77.7 cm³/mol. The van der Waals surface area contributed by atoms with Crippen molar-refractivity contribution in [2.45, 2.75) is 49.7 Å². The monoisotopic (exact) mass is 273 g/mol. The Balaban J connectivity index is 1.91. The number of piperidine rings is 1. The molecule has 108 valence electrons. The average Bonchev–Trinajstić information content (AvgIpc) is 2.43. The number of fused-ring (bicyclic) bond motifs is 1. The van der Waals surface area contributed by atoms with E-state index in [1.54, 1.807) is 6.07 Å². The van der Waals surface area contributed by atoms with E-state index in [2.05, 4.69) is 18.0 Å². The number of aromatic hydroxyl groups is 1. The first kappa shape index (κ1) is 12.7. The van der Waals surface area contributed by atoms with Crippen LogP contribution < -0.4 is 0 Å². The molecule has 0 aromatic heterocycles. The first-order chi connectivity index (χ1) is 9.63. The van der Waals surface area contributed by atoms with Crippen molar-refractivity contribution in [1.29, 1.82) is 0 Å². The van der Waals surface area contributed by atoms with Crippen LogP contribution in [0.1, 0.15) is 49.3 Å². The Hall–Kier alpha value is -1.06. The highest BCUT2D eigenvalue weighted by molar-refractivity contribution is 5.48. The molecule has 3 aliphatic rings. The SMILES string of the molecule is CN1CC[C@]23CCC[C@H]1[C@H]2C[C@H](O)c1c(O)cccc13. The Labute approximate surface area is 120 Å². The number of rotatable bonds is 0. The van der Waals surface area contributed by atoms with E-state index in [1.165, 1.54) is 24.8 Å². The zero-order chi connectivity index (χ0) is 13.9. The second-order valence-corrected chi connectivity index (χ2v) is 6.94. The fraction of sp³-hybridized carbons (Fsp3) is 0.647. The topological polar surface area (TPSA) is 43.7 Å². The van der Waals surface area contributed by atoms with E-state index in [4.69, 9.17) is 0 Å². The molecule has 2 aliphatic carbocycles. The minimum Gasteiger partial charge on any atom is -0.508 e. The van der Waals surface area contributed by atoms with E-state index < -0.39 is 6.10 Å². The summed E-state index contributed by atoms with van der Waals surface area (Å²) in [6, 6.07) is 6.41. The molecular weight excluding hydrogens is 250 g/mol. The van der Waals surface area contributed by atoms with Gasteiger partial charge in [-0.25, -0.2) is 0 Å². The summed E-state index contributed by atoms with van der Waals surface area (Å²) < 4.78 is 0. The zero-order valence-corrected chi connectivity index (χ0v) is 12.0. The third-order valence-corrected chi connectivity index (χ3v) is 6.20. The molecule has 1 heterocycles. The van der Waals surface area contributed by atoms with E-state index in [0.717, 1.165) is 24.9 Å². The highest BCUT2D eigenvalue weighted by Crippen LogP contribution is 2.58. The molecule has 0 unspecified atom stereocenters. The quantitative estimate of drug-likeness (QED) is 0.763. The van der Waals surface area contributed by atoms with Crippen molar-refractivity contribution >= 4 is 0 Å². The lowest BCUT2D eigenvalue weighted by molar-refractivity contribution is -0.0378. The second kappa shape index (κ2) is 4.22. The maximum absolute atomic E-state index is 10.5. The Bertz CT molecular complexity index is 544. The molecule has 1 saturated heterocycles. The summed E-state index contributed by atoms with van der Waals surface area (Å²) >= 11 is 0. The van der Waals surface area contributed by atoms with Gasteiger partial charge in [0.2, 0.25) is 0 Å². The fourth-order valence-electron chi connectivity index (χ4n) is 5.31. The fourth-order valence-corrected chi connectivity index (χ4v) is 5.31. The first-order valence-electron chi connectivity index (χ1n) is 7.84. The minimum atomic E-state index is -0.503.